The summed E-state index contributed by atoms with van der Waals surface area (Å²) in [5, 5.41) is 16.1. The topological polar surface area (TPSA) is 77.6 Å². The highest BCUT2D eigenvalue weighted by Crippen LogP contribution is 2.15. The number of amides is 1. The molecular weight excluding hydrogens is 366 g/mol. The van der Waals surface area contributed by atoms with Crippen molar-refractivity contribution in [3.05, 3.63) is 77.2 Å². The standard InChI is InChI=1S/C19H16F2N6O/c1-26-18-5-3-12(6-14(18)9-23-26)8-22-19(28)17-10-24-27(25-17)11-13-2-4-15(20)16(21)7-13/h2-7,9-10H,8,11H2,1H3,(H,22,28). The molecule has 9 heteroatoms. The van der Waals surface area contributed by atoms with Crippen molar-refractivity contribution in [1.82, 2.24) is 30.1 Å². The van der Waals surface area contributed by atoms with Gasteiger partial charge in [-0.2, -0.15) is 15.0 Å². The molecule has 0 fully saturated rings. The molecular formula is C19H16F2N6O. The molecule has 0 spiro atoms. The number of benzene rings is 2. The second-order valence-electron chi connectivity index (χ2n) is 6.35. The van der Waals surface area contributed by atoms with E-state index in [9.17, 15) is 13.6 Å². The second-order valence-corrected chi connectivity index (χ2v) is 6.35. The Hall–Kier alpha value is -3.62. The lowest BCUT2D eigenvalue weighted by Crippen LogP contribution is -2.23. The van der Waals surface area contributed by atoms with Crippen molar-refractivity contribution in [2.75, 3.05) is 0 Å². The smallest absolute Gasteiger partial charge is 0.273 e. The lowest BCUT2D eigenvalue weighted by Gasteiger charge is -2.04. The zero-order valence-corrected chi connectivity index (χ0v) is 14.9. The van der Waals surface area contributed by atoms with Crippen LogP contribution < -0.4 is 5.32 Å². The van der Waals surface area contributed by atoms with Crippen LogP contribution >= 0.6 is 0 Å². The van der Waals surface area contributed by atoms with E-state index < -0.39 is 11.6 Å². The molecule has 4 aromatic rings. The van der Waals surface area contributed by atoms with Crippen LogP contribution in [0.2, 0.25) is 0 Å². The van der Waals surface area contributed by atoms with Crippen LogP contribution in [0.5, 0.6) is 0 Å². The minimum absolute atomic E-state index is 0.127. The van der Waals surface area contributed by atoms with Gasteiger partial charge in [0.15, 0.2) is 17.3 Å². The molecule has 0 radical (unpaired) electrons. The van der Waals surface area contributed by atoms with Gasteiger partial charge in [0.05, 0.1) is 24.5 Å². The van der Waals surface area contributed by atoms with Crippen LogP contribution in [0.4, 0.5) is 8.78 Å². The lowest BCUT2D eigenvalue weighted by molar-refractivity contribution is 0.0945. The normalized spacial score (nSPS) is 11.1. The number of hydrogen-bond acceptors (Lipinski definition) is 4. The van der Waals surface area contributed by atoms with Crippen LogP contribution in [0.15, 0.2) is 48.8 Å². The summed E-state index contributed by atoms with van der Waals surface area (Å²) in [6.07, 6.45) is 3.10. The second kappa shape index (κ2) is 7.18. The summed E-state index contributed by atoms with van der Waals surface area (Å²) in [6.45, 7) is 0.460. The predicted octanol–water partition coefficient (Wildman–Crippen LogP) is 2.42. The van der Waals surface area contributed by atoms with Crippen LogP contribution in [0.3, 0.4) is 0 Å². The number of aryl methyl sites for hydroxylation is 1. The number of rotatable bonds is 5. The van der Waals surface area contributed by atoms with Gasteiger partial charge in [0, 0.05) is 19.0 Å². The van der Waals surface area contributed by atoms with Crippen molar-refractivity contribution in [2.24, 2.45) is 7.05 Å². The first-order chi connectivity index (χ1) is 13.5. The molecule has 1 N–H and O–H groups in total. The fourth-order valence-corrected chi connectivity index (χ4v) is 2.87. The van der Waals surface area contributed by atoms with Crippen LogP contribution in [0.25, 0.3) is 10.9 Å². The van der Waals surface area contributed by atoms with Crippen molar-refractivity contribution in [2.45, 2.75) is 13.1 Å². The quantitative estimate of drug-likeness (QED) is 0.575. The van der Waals surface area contributed by atoms with Crippen LogP contribution in [0.1, 0.15) is 21.6 Å². The van der Waals surface area contributed by atoms with Gasteiger partial charge in [-0.3, -0.25) is 9.48 Å². The van der Waals surface area contributed by atoms with Gasteiger partial charge in [0.1, 0.15) is 0 Å². The highest BCUT2D eigenvalue weighted by atomic mass is 19.2. The van der Waals surface area contributed by atoms with E-state index in [0.29, 0.717) is 12.1 Å². The summed E-state index contributed by atoms with van der Waals surface area (Å²) in [7, 11) is 1.87. The maximum atomic E-state index is 13.3. The molecule has 28 heavy (non-hydrogen) atoms. The zero-order valence-electron chi connectivity index (χ0n) is 14.9. The monoisotopic (exact) mass is 382 g/mol. The van der Waals surface area contributed by atoms with Gasteiger partial charge in [-0.15, -0.1) is 5.10 Å². The predicted molar refractivity (Wildman–Crippen MR) is 97.4 cm³/mol. The molecule has 2 aromatic heterocycles. The summed E-state index contributed by atoms with van der Waals surface area (Å²) in [4.78, 5) is 13.6. The summed E-state index contributed by atoms with van der Waals surface area (Å²) in [6, 6.07) is 9.39. The largest absolute Gasteiger partial charge is 0.347 e. The average Bonchev–Trinajstić information content (AvgIpc) is 3.30. The van der Waals surface area contributed by atoms with Gasteiger partial charge >= 0.3 is 0 Å². The number of aromatic nitrogens is 5. The third kappa shape index (κ3) is 3.59. The molecule has 0 unspecified atom stereocenters. The Bertz CT molecular complexity index is 1170. The first-order valence-electron chi connectivity index (χ1n) is 8.52. The van der Waals surface area contributed by atoms with Gasteiger partial charge in [0.25, 0.3) is 5.91 Å². The van der Waals surface area contributed by atoms with Gasteiger partial charge < -0.3 is 5.32 Å². The first-order valence-corrected chi connectivity index (χ1v) is 8.52. The maximum Gasteiger partial charge on any atom is 0.273 e. The minimum Gasteiger partial charge on any atom is -0.347 e. The van der Waals surface area contributed by atoms with E-state index in [0.717, 1.165) is 28.6 Å². The van der Waals surface area contributed by atoms with Gasteiger partial charge in [-0.1, -0.05) is 12.1 Å². The number of halogens is 2. The fourth-order valence-electron chi connectivity index (χ4n) is 2.87. The number of nitrogens with zero attached hydrogens (tertiary/aromatic N) is 5. The molecule has 7 nitrogen and oxygen atoms in total. The highest BCUT2D eigenvalue weighted by molar-refractivity contribution is 5.91. The minimum atomic E-state index is -0.937. The number of carbonyl (C=O) groups excluding carboxylic acids is 1. The summed E-state index contributed by atoms with van der Waals surface area (Å²) in [5.41, 5.74) is 2.58. The summed E-state index contributed by atoms with van der Waals surface area (Å²) in [5.74, 6) is -2.22. The number of nitrogens with one attached hydrogen (secondary N) is 1. The van der Waals surface area contributed by atoms with E-state index >= 15 is 0 Å². The molecule has 2 aromatic carbocycles. The molecule has 0 aliphatic heterocycles. The molecule has 0 saturated carbocycles. The van der Waals surface area contributed by atoms with Crippen molar-refractivity contribution in [3.63, 3.8) is 0 Å². The highest BCUT2D eigenvalue weighted by Gasteiger charge is 2.12. The van der Waals surface area contributed by atoms with Gasteiger partial charge in [-0.25, -0.2) is 8.78 Å². The SMILES string of the molecule is Cn1ncc2cc(CNC(=O)c3cnn(Cc4ccc(F)c(F)c4)n3)ccc21. The van der Waals surface area contributed by atoms with E-state index in [-0.39, 0.29) is 18.1 Å². The molecule has 0 aliphatic rings. The number of fused-ring (bicyclic) bond motifs is 1. The Balaban J connectivity index is 1.40. The lowest BCUT2D eigenvalue weighted by atomic mass is 10.1. The molecule has 4 rings (SSSR count). The van der Waals surface area contributed by atoms with Crippen LogP contribution in [-0.2, 0) is 20.1 Å². The van der Waals surface area contributed by atoms with E-state index in [1.165, 1.54) is 17.1 Å². The molecule has 1 amide bonds. The van der Waals surface area contributed by atoms with Gasteiger partial charge in [0.2, 0.25) is 0 Å². The van der Waals surface area contributed by atoms with E-state index in [4.69, 9.17) is 0 Å². The Kier molecular flexibility index (Phi) is 4.56. The van der Waals surface area contributed by atoms with Crippen LogP contribution in [-0.4, -0.2) is 30.7 Å². The maximum absolute atomic E-state index is 13.3. The Morgan fingerprint density at radius 1 is 1.04 bits per heavy atom. The zero-order chi connectivity index (χ0) is 19.7. The number of carbonyl (C=O) groups is 1. The van der Waals surface area contributed by atoms with Crippen molar-refractivity contribution in [1.29, 1.82) is 0 Å². The van der Waals surface area contributed by atoms with E-state index in [1.54, 1.807) is 10.9 Å². The van der Waals surface area contributed by atoms with E-state index in [2.05, 4.69) is 20.6 Å². The molecule has 2 heterocycles. The molecule has 142 valence electrons. The van der Waals surface area contributed by atoms with Gasteiger partial charge in [-0.05, 0) is 35.4 Å². The summed E-state index contributed by atoms with van der Waals surface area (Å²) < 4.78 is 28.1. The number of hydrogen-bond donors (Lipinski definition) is 1. The molecule has 0 atom stereocenters. The molecule has 0 bridgehead atoms. The summed E-state index contributed by atoms with van der Waals surface area (Å²) >= 11 is 0. The van der Waals surface area contributed by atoms with Crippen LogP contribution in [0, 0.1) is 11.6 Å². The van der Waals surface area contributed by atoms with E-state index in [1.807, 2.05) is 25.2 Å². The van der Waals surface area contributed by atoms with Crippen molar-refractivity contribution < 1.29 is 13.6 Å². The Labute approximate surface area is 158 Å². The first kappa shape index (κ1) is 17.8. The third-order valence-corrected chi connectivity index (χ3v) is 4.34. The third-order valence-electron chi connectivity index (χ3n) is 4.34. The van der Waals surface area contributed by atoms with Crippen molar-refractivity contribution >= 4 is 16.8 Å². The Morgan fingerprint density at radius 3 is 2.68 bits per heavy atom. The molecule has 0 aliphatic carbocycles. The Morgan fingerprint density at radius 2 is 1.86 bits per heavy atom. The fraction of sp³-hybridized carbons (Fsp3) is 0.158. The van der Waals surface area contributed by atoms with Crippen molar-refractivity contribution in [3.8, 4) is 0 Å². The average molecular weight is 382 g/mol. The molecule has 0 saturated heterocycles.